The van der Waals surface area contributed by atoms with E-state index in [0.717, 1.165) is 25.9 Å². The Morgan fingerprint density at radius 2 is 2.18 bits per heavy atom. The van der Waals surface area contributed by atoms with Crippen molar-refractivity contribution in [3.8, 4) is 0 Å². The van der Waals surface area contributed by atoms with Gasteiger partial charge in [-0.15, -0.1) is 0 Å². The SMILES string of the molecule is CCC1(O)CCN(C(C)C)C1. The summed E-state index contributed by atoms with van der Waals surface area (Å²) >= 11 is 0. The lowest BCUT2D eigenvalue weighted by Gasteiger charge is -2.24. The molecule has 1 rings (SSSR count). The van der Waals surface area contributed by atoms with Gasteiger partial charge < -0.3 is 5.11 Å². The fourth-order valence-electron chi connectivity index (χ4n) is 1.62. The average molecular weight is 157 g/mol. The number of likely N-dealkylation sites (tertiary alicyclic amines) is 1. The minimum Gasteiger partial charge on any atom is -0.389 e. The number of rotatable bonds is 2. The normalized spacial score (nSPS) is 33.5. The molecule has 0 bridgehead atoms. The van der Waals surface area contributed by atoms with Gasteiger partial charge in [-0.05, 0) is 26.7 Å². The maximum absolute atomic E-state index is 9.88. The predicted molar refractivity (Wildman–Crippen MR) is 46.6 cm³/mol. The van der Waals surface area contributed by atoms with Gasteiger partial charge in [-0.1, -0.05) is 6.92 Å². The molecule has 1 aliphatic rings. The topological polar surface area (TPSA) is 23.5 Å². The standard InChI is InChI=1S/C9H19NO/c1-4-9(11)5-6-10(7-9)8(2)3/h8,11H,4-7H2,1-3H3. The van der Waals surface area contributed by atoms with E-state index in [1.54, 1.807) is 0 Å². The predicted octanol–water partition coefficient (Wildman–Crippen LogP) is 1.24. The van der Waals surface area contributed by atoms with Crippen LogP contribution in [0.1, 0.15) is 33.6 Å². The van der Waals surface area contributed by atoms with E-state index in [1.807, 2.05) is 0 Å². The molecule has 0 saturated carbocycles. The zero-order valence-corrected chi connectivity index (χ0v) is 7.80. The highest BCUT2D eigenvalue weighted by molar-refractivity contribution is 4.89. The Hall–Kier alpha value is -0.0800. The molecule has 0 aromatic carbocycles. The first-order chi connectivity index (χ1) is 5.07. The molecule has 0 aromatic heterocycles. The number of β-amino-alcohol motifs (C(OH)–C–C–N with tert-alkyl or cyclic N) is 1. The summed E-state index contributed by atoms with van der Waals surface area (Å²) in [5.74, 6) is 0. The van der Waals surface area contributed by atoms with Gasteiger partial charge in [-0.2, -0.15) is 0 Å². The van der Waals surface area contributed by atoms with Crippen LogP contribution in [0, 0.1) is 0 Å². The van der Waals surface area contributed by atoms with Crippen molar-refractivity contribution in [2.75, 3.05) is 13.1 Å². The second-order valence-corrected chi connectivity index (χ2v) is 3.89. The van der Waals surface area contributed by atoms with Gasteiger partial charge in [0.05, 0.1) is 5.60 Å². The summed E-state index contributed by atoms with van der Waals surface area (Å²) in [5.41, 5.74) is -0.385. The van der Waals surface area contributed by atoms with Crippen LogP contribution in [0.25, 0.3) is 0 Å². The minimum atomic E-state index is -0.385. The van der Waals surface area contributed by atoms with Crippen molar-refractivity contribution >= 4 is 0 Å². The Bertz CT molecular complexity index is 136. The van der Waals surface area contributed by atoms with Crippen LogP contribution in [0.15, 0.2) is 0 Å². The van der Waals surface area contributed by atoms with E-state index < -0.39 is 0 Å². The molecule has 11 heavy (non-hydrogen) atoms. The number of aliphatic hydroxyl groups is 1. The van der Waals surface area contributed by atoms with E-state index in [-0.39, 0.29) is 5.60 Å². The summed E-state index contributed by atoms with van der Waals surface area (Å²) in [6.45, 7) is 8.34. The van der Waals surface area contributed by atoms with Crippen LogP contribution in [0.5, 0.6) is 0 Å². The maximum Gasteiger partial charge on any atom is 0.0783 e. The molecule has 0 spiro atoms. The molecule has 2 nitrogen and oxygen atoms in total. The lowest BCUT2D eigenvalue weighted by Crippen LogP contribution is -2.35. The van der Waals surface area contributed by atoms with Crippen LogP contribution in [0.4, 0.5) is 0 Å². The largest absolute Gasteiger partial charge is 0.389 e. The van der Waals surface area contributed by atoms with Gasteiger partial charge in [0.25, 0.3) is 0 Å². The highest BCUT2D eigenvalue weighted by Gasteiger charge is 2.34. The van der Waals surface area contributed by atoms with Gasteiger partial charge in [0, 0.05) is 19.1 Å². The second-order valence-electron chi connectivity index (χ2n) is 3.89. The Morgan fingerprint density at radius 1 is 1.55 bits per heavy atom. The highest BCUT2D eigenvalue weighted by atomic mass is 16.3. The zero-order chi connectivity index (χ0) is 8.48. The van der Waals surface area contributed by atoms with E-state index in [4.69, 9.17) is 0 Å². The molecule has 66 valence electrons. The number of nitrogens with zero attached hydrogens (tertiary/aromatic N) is 1. The third-order valence-electron chi connectivity index (χ3n) is 2.75. The van der Waals surface area contributed by atoms with E-state index in [0.29, 0.717) is 6.04 Å². The summed E-state index contributed by atoms with van der Waals surface area (Å²) in [4.78, 5) is 2.34. The molecular weight excluding hydrogens is 138 g/mol. The molecule has 1 saturated heterocycles. The van der Waals surface area contributed by atoms with Gasteiger partial charge in [0.1, 0.15) is 0 Å². The molecular formula is C9H19NO. The van der Waals surface area contributed by atoms with Crippen LogP contribution < -0.4 is 0 Å². The molecule has 1 atom stereocenters. The number of hydrogen-bond donors (Lipinski definition) is 1. The first kappa shape index (κ1) is 9.01. The van der Waals surface area contributed by atoms with Crippen LogP contribution in [-0.2, 0) is 0 Å². The summed E-state index contributed by atoms with van der Waals surface area (Å²) in [6, 6.07) is 0.579. The zero-order valence-electron chi connectivity index (χ0n) is 7.80. The highest BCUT2D eigenvalue weighted by Crippen LogP contribution is 2.25. The monoisotopic (exact) mass is 157 g/mol. The lowest BCUT2D eigenvalue weighted by atomic mass is 10.0. The third kappa shape index (κ3) is 1.94. The fraction of sp³-hybridized carbons (Fsp3) is 1.00. The van der Waals surface area contributed by atoms with Crippen molar-refractivity contribution in [3.63, 3.8) is 0 Å². The van der Waals surface area contributed by atoms with Crippen LogP contribution in [0.3, 0.4) is 0 Å². The minimum absolute atomic E-state index is 0.385. The van der Waals surface area contributed by atoms with Crippen molar-refractivity contribution < 1.29 is 5.11 Å². The molecule has 1 N–H and O–H groups in total. The third-order valence-corrected chi connectivity index (χ3v) is 2.75. The van der Waals surface area contributed by atoms with E-state index in [2.05, 4.69) is 25.7 Å². The van der Waals surface area contributed by atoms with E-state index in [9.17, 15) is 5.11 Å². The Kier molecular flexibility index (Phi) is 2.55. The van der Waals surface area contributed by atoms with Gasteiger partial charge in [-0.25, -0.2) is 0 Å². The first-order valence-electron chi connectivity index (χ1n) is 4.54. The molecule has 1 unspecified atom stereocenters. The van der Waals surface area contributed by atoms with Crippen LogP contribution >= 0.6 is 0 Å². The van der Waals surface area contributed by atoms with Crippen molar-refractivity contribution in [2.45, 2.75) is 45.3 Å². The van der Waals surface area contributed by atoms with E-state index >= 15 is 0 Å². The Labute approximate surface area is 69.2 Å². The maximum atomic E-state index is 9.88. The van der Waals surface area contributed by atoms with Crippen molar-refractivity contribution in [1.29, 1.82) is 0 Å². The Morgan fingerprint density at radius 3 is 2.45 bits per heavy atom. The molecule has 0 amide bonds. The molecule has 1 heterocycles. The smallest absolute Gasteiger partial charge is 0.0783 e. The molecule has 0 radical (unpaired) electrons. The fourth-order valence-corrected chi connectivity index (χ4v) is 1.62. The molecule has 1 aliphatic heterocycles. The quantitative estimate of drug-likeness (QED) is 0.652. The first-order valence-corrected chi connectivity index (χ1v) is 4.54. The number of hydrogen-bond acceptors (Lipinski definition) is 2. The van der Waals surface area contributed by atoms with Crippen molar-refractivity contribution in [3.05, 3.63) is 0 Å². The van der Waals surface area contributed by atoms with Gasteiger partial charge >= 0.3 is 0 Å². The van der Waals surface area contributed by atoms with Crippen molar-refractivity contribution in [2.24, 2.45) is 0 Å². The van der Waals surface area contributed by atoms with Gasteiger partial charge in [-0.3, -0.25) is 4.90 Å². The molecule has 0 aromatic rings. The molecule has 1 fully saturated rings. The van der Waals surface area contributed by atoms with Crippen molar-refractivity contribution in [1.82, 2.24) is 4.90 Å². The second kappa shape index (κ2) is 3.11. The Balaban J connectivity index is 2.46. The van der Waals surface area contributed by atoms with E-state index in [1.165, 1.54) is 0 Å². The van der Waals surface area contributed by atoms with Gasteiger partial charge in [0.2, 0.25) is 0 Å². The van der Waals surface area contributed by atoms with Gasteiger partial charge in [0.15, 0.2) is 0 Å². The molecule has 2 heteroatoms. The van der Waals surface area contributed by atoms with Crippen LogP contribution in [-0.4, -0.2) is 34.7 Å². The summed E-state index contributed by atoms with van der Waals surface area (Å²) in [6.07, 6.45) is 1.83. The summed E-state index contributed by atoms with van der Waals surface area (Å²) in [7, 11) is 0. The lowest BCUT2D eigenvalue weighted by molar-refractivity contribution is 0.0420. The summed E-state index contributed by atoms with van der Waals surface area (Å²) in [5, 5.41) is 9.88. The summed E-state index contributed by atoms with van der Waals surface area (Å²) < 4.78 is 0. The average Bonchev–Trinajstić information content (AvgIpc) is 2.33. The molecule has 0 aliphatic carbocycles. The van der Waals surface area contributed by atoms with Crippen LogP contribution in [0.2, 0.25) is 0 Å².